The van der Waals surface area contributed by atoms with Gasteiger partial charge >= 0.3 is 6.03 Å². The Kier molecular flexibility index (Phi) is 5.06. The summed E-state index contributed by atoms with van der Waals surface area (Å²) in [7, 11) is 3.10. The number of carbonyl (C=O) groups excluding carboxylic acids is 3. The van der Waals surface area contributed by atoms with Crippen LogP contribution in [-0.2, 0) is 11.3 Å². The summed E-state index contributed by atoms with van der Waals surface area (Å²) in [6.45, 7) is 0.190. The van der Waals surface area contributed by atoms with Gasteiger partial charge in [0.2, 0.25) is 5.54 Å². The molecule has 1 atom stereocenters. The summed E-state index contributed by atoms with van der Waals surface area (Å²) >= 11 is 0. The van der Waals surface area contributed by atoms with E-state index in [1.54, 1.807) is 49.7 Å². The molecular formula is C25H20N4O5. The van der Waals surface area contributed by atoms with E-state index in [0.717, 1.165) is 16.5 Å². The van der Waals surface area contributed by atoms with Crippen LogP contribution in [0, 0.1) is 11.8 Å². The van der Waals surface area contributed by atoms with Crippen LogP contribution in [0.3, 0.4) is 0 Å². The van der Waals surface area contributed by atoms with E-state index in [1.807, 2.05) is 6.07 Å². The van der Waals surface area contributed by atoms with Crippen LogP contribution in [0.5, 0.6) is 11.5 Å². The van der Waals surface area contributed by atoms with Gasteiger partial charge in [0, 0.05) is 29.3 Å². The Balaban J connectivity index is 1.49. The molecule has 34 heavy (non-hydrogen) atoms. The predicted molar refractivity (Wildman–Crippen MR) is 122 cm³/mol. The summed E-state index contributed by atoms with van der Waals surface area (Å²) in [6.07, 6.45) is 1.65. The second-order valence-electron chi connectivity index (χ2n) is 7.99. The molecule has 1 fully saturated rings. The van der Waals surface area contributed by atoms with Crippen LogP contribution in [0.4, 0.5) is 4.79 Å². The molecule has 170 valence electrons. The molecule has 0 aliphatic carbocycles. The fourth-order valence-corrected chi connectivity index (χ4v) is 4.17. The summed E-state index contributed by atoms with van der Waals surface area (Å²) in [5.74, 6) is 6.25. The molecule has 1 saturated heterocycles. The van der Waals surface area contributed by atoms with Crippen molar-refractivity contribution in [2.75, 3.05) is 20.8 Å². The van der Waals surface area contributed by atoms with Crippen molar-refractivity contribution in [1.29, 1.82) is 0 Å². The monoisotopic (exact) mass is 456 g/mol. The first-order chi connectivity index (χ1) is 16.4. The molecule has 9 heteroatoms. The highest BCUT2D eigenvalue weighted by Gasteiger charge is 2.48. The van der Waals surface area contributed by atoms with E-state index in [9.17, 15) is 14.4 Å². The van der Waals surface area contributed by atoms with E-state index in [-0.39, 0.29) is 12.5 Å². The van der Waals surface area contributed by atoms with Crippen molar-refractivity contribution >= 4 is 28.7 Å². The van der Waals surface area contributed by atoms with E-state index < -0.39 is 17.5 Å². The maximum Gasteiger partial charge on any atom is 0.323 e. The zero-order valence-electron chi connectivity index (χ0n) is 18.5. The van der Waals surface area contributed by atoms with Crippen molar-refractivity contribution in [2.45, 2.75) is 12.1 Å². The first kappa shape index (κ1) is 21.3. The molecule has 3 aromatic rings. The molecule has 3 heterocycles. The van der Waals surface area contributed by atoms with Gasteiger partial charge < -0.3 is 19.7 Å². The number of nitrogens with zero attached hydrogens (tertiary/aromatic N) is 2. The smallest absolute Gasteiger partial charge is 0.323 e. The first-order valence-electron chi connectivity index (χ1n) is 10.5. The molecule has 2 N–H and O–H groups in total. The number of fused-ring (bicyclic) bond motifs is 2. The first-order valence-corrected chi connectivity index (χ1v) is 10.5. The van der Waals surface area contributed by atoms with E-state index in [0.29, 0.717) is 29.2 Å². The lowest BCUT2D eigenvalue weighted by atomic mass is 9.98. The molecule has 2 aliphatic rings. The highest BCUT2D eigenvalue weighted by atomic mass is 16.5. The molecule has 2 aromatic carbocycles. The van der Waals surface area contributed by atoms with Gasteiger partial charge in [-0.15, -0.1) is 0 Å². The second-order valence-corrected chi connectivity index (χ2v) is 7.99. The van der Waals surface area contributed by atoms with Crippen molar-refractivity contribution in [3.63, 3.8) is 0 Å². The summed E-state index contributed by atoms with van der Waals surface area (Å²) < 4.78 is 10.6. The number of amides is 4. The number of pyridine rings is 1. The van der Waals surface area contributed by atoms with Gasteiger partial charge in [-0.3, -0.25) is 19.9 Å². The summed E-state index contributed by atoms with van der Waals surface area (Å²) in [6, 6.07) is 11.7. The van der Waals surface area contributed by atoms with E-state index in [2.05, 4.69) is 27.5 Å². The fraction of sp³-hybridized carbons (Fsp3) is 0.200. The number of urea groups is 1. The van der Waals surface area contributed by atoms with Crippen molar-refractivity contribution in [3.05, 3.63) is 65.4 Å². The van der Waals surface area contributed by atoms with Gasteiger partial charge in [0.1, 0.15) is 11.5 Å². The third-order valence-corrected chi connectivity index (χ3v) is 5.91. The van der Waals surface area contributed by atoms with Crippen LogP contribution in [0.25, 0.3) is 10.9 Å². The van der Waals surface area contributed by atoms with Crippen molar-refractivity contribution in [2.24, 2.45) is 0 Å². The van der Waals surface area contributed by atoms with Crippen LogP contribution in [-0.4, -0.2) is 54.0 Å². The highest BCUT2D eigenvalue weighted by Crippen LogP contribution is 2.29. The minimum atomic E-state index is -1.59. The Morgan fingerprint density at radius 1 is 1.09 bits per heavy atom. The largest absolute Gasteiger partial charge is 0.497 e. The van der Waals surface area contributed by atoms with Gasteiger partial charge in [0.15, 0.2) is 0 Å². The zero-order chi connectivity index (χ0) is 23.9. The predicted octanol–water partition coefficient (Wildman–Crippen LogP) is 1.84. The summed E-state index contributed by atoms with van der Waals surface area (Å²) in [4.78, 5) is 43.7. The second kappa shape index (κ2) is 8.08. The van der Waals surface area contributed by atoms with Gasteiger partial charge in [-0.1, -0.05) is 17.9 Å². The molecule has 4 amide bonds. The molecule has 5 rings (SSSR count). The quantitative estimate of drug-likeness (QED) is 0.458. The van der Waals surface area contributed by atoms with E-state index in [1.165, 1.54) is 12.0 Å². The number of imide groups is 1. The van der Waals surface area contributed by atoms with Gasteiger partial charge in [-0.2, -0.15) is 0 Å². The molecular weight excluding hydrogens is 436 g/mol. The number of hydrogen-bond donors (Lipinski definition) is 2. The Labute approximate surface area is 195 Å². The number of ether oxygens (including phenoxy) is 2. The lowest BCUT2D eigenvalue weighted by Crippen LogP contribution is -2.54. The Morgan fingerprint density at radius 3 is 2.68 bits per heavy atom. The highest BCUT2D eigenvalue weighted by molar-refractivity contribution is 6.10. The number of hydrogen-bond acceptors (Lipinski definition) is 6. The molecule has 9 nitrogen and oxygen atoms in total. The Bertz CT molecular complexity index is 1420. The number of benzene rings is 2. The van der Waals surface area contributed by atoms with Crippen molar-refractivity contribution in [1.82, 2.24) is 20.5 Å². The van der Waals surface area contributed by atoms with Crippen LogP contribution in [0.15, 0.2) is 48.7 Å². The molecule has 0 spiro atoms. The van der Waals surface area contributed by atoms with E-state index >= 15 is 0 Å². The third kappa shape index (κ3) is 3.55. The number of carbonyl (C=O) groups is 3. The summed E-state index contributed by atoms with van der Waals surface area (Å²) in [5.41, 5.74) is 1.07. The van der Waals surface area contributed by atoms with Crippen LogP contribution >= 0.6 is 0 Å². The topological polar surface area (TPSA) is 110 Å². The third-order valence-electron chi connectivity index (χ3n) is 5.91. The molecule has 0 bridgehead atoms. The molecule has 1 aromatic heterocycles. The molecule has 0 unspecified atom stereocenters. The number of methoxy groups -OCH3 is 2. The number of rotatable bonds is 4. The van der Waals surface area contributed by atoms with E-state index in [4.69, 9.17) is 9.47 Å². The molecule has 0 saturated carbocycles. The van der Waals surface area contributed by atoms with Crippen LogP contribution in [0.1, 0.15) is 21.5 Å². The van der Waals surface area contributed by atoms with Gasteiger partial charge in [-0.05, 0) is 42.0 Å². The number of aromatic nitrogens is 1. The average Bonchev–Trinajstić information content (AvgIpc) is 3.31. The lowest BCUT2D eigenvalue weighted by Gasteiger charge is -2.26. The lowest BCUT2D eigenvalue weighted by molar-refractivity contribution is -0.122. The van der Waals surface area contributed by atoms with Crippen molar-refractivity contribution < 1.29 is 23.9 Å². The molecule has 0 radical (unpaired) electrons. The standard InChI is InChI=1S/C25H20N4O5/c1-33-17-5-4-16-13-29(22(30)18(16)12-17)14-25(23(31)27-24(32)28-25)9-7-15-3-6-20-19(11-15)21(34-2)8-10-26-20/h3-6,8,10-12H,13-14H2,1-2H3,(H2,27,28,31,32)/t25-/m1/s1. The van der Waals surface area contributed by atoms with Gasteiger partial charge in [0.05, 0.1) is 26.3 Å². The molecule has 2 aliphatic heterocycles. The summed E-state index contributed by atoms with van der Waals surface area (Å²) in [5, 5.41) is 5.62. The minimum Gasteiger partial charge on any atom is -0.497 e. The Hall–Kier alpha value is -4.58. The van der Waals surface area contributed by atoms with Crippen LogP contribution < -0.4 is 20.1 Å². The zero-order valence-corrected chi connectivity index (χ0v) is 18.5. The van der Waals surface area contributed by atoms with Gasteiger partial charge in [-0.25, -0.2) is 4.79 Å². The Morgan fingerprint density at radius 2 is 1.94 bits per heavy atom. The van der Waals surface area contributed by atoms with Crippen LogP contribution in [0.2, 0.25) is 0 Å². The maximum atomic E-state index is 13.0. The average molecular weight is 456 g/mol. The SMILES string of the molecule is COc1ccc2c(c1)C(=O)N(C[C@@]1(C#Cc3ccc4nccc(OC)c4c3)NC(=O)NC1=O)C2. The maximum absolute atomic E-state index is 13.0. The number of nitrogens with one attached hydrogen (secondary N) is 2. The minimum absolute atomic E-state index is 0.105. The van der Waals surface area contributed by atoms with Crippen molar-refractivity contribution in [3.8, 4) is 23.3 Å². The van der Waals surface area contributed by atoms with Gasteiger partial charge in [0.25, 0.3) is 11.8 Å². The normalized spacial score (nSPS) is 18.8. The fourth-order valence-electron chi connectivity index (χ4n) is 4.17.